The van der Waals surface area contributed by atoms with E-state index in [0.717, 1.165) is 0 Å². The lowest BCUT2D eigenvalue weighted by atomic mass is 9.66. The molecule has 250 valence electrons. The van der Waals surface area contributed by atoms with Crippen LogP contribution in [0.1, 0.15) is 13.3 Å². The molecule has 15 N–H and O–H groups in total. The summed E-state index contributed by atoms with van der Waals surface area (Å²) in [6.07, 6.45) is -26.3. The topological polar surface area (TPSA) is 360 Å². The molecule has 43 heavy (non-hydrogen) atoms. The number of carbonyl (C=O) groups is 2. The Morgan fingerprint density at radius 3 is 2.02 bits per heavy atom. The Morgan fingerprint density at radius 2 is 1.53 bits per heavy atom. The lowest BCUT2D eigenvalue weighted by Crippen LogP contribution is -2.86. The number of aliphatic hydroxyl groups excluding tert-OH is 10. The highest BCUT2D eigenvalue weighted by atomic mass is 16.7. The first-order valence-corrected chi connectivity index (χ1v) is 13.1. The van der Waals surface area contributed by atoms with Crippen LogP contribution in [0.3, 0.4) is 0 Å². The van der Waals surface area contributed by atoms with E-state index in [-0.39, 0.29) is 0 Å². The van der Waals surface area contributed by atoms with Crippen LogP contribution in [0.2, 0.25) is 0 Å². The lowest BCUT2D eigenvalue weighted by Gasteiger charge is -2.60. The number of ether oxygens (including phenoxy) is 4. The Balaban J connectivity index is 2.12. The molecule has 3 aliphatic rings. The van der Waals surface area contributed by atoms with Gasteiger partial charge in [0.15, 0.2) is 12.1 Å². The van der Waals surface area contributed by atoms with E-state index < -0.39 is 134 Å². The van der Waals surface area contributed by atoms with Crippen molar-refractivity contribution in [1.29, 1.82) is 0 Å². The number of carbonyl (C=O) groups excluding carboxylic acids is 1. The zero-order valence-electron chi connectivity index (χ0n) is 22.7. The van der Waals surface area contributed by atoms with Crippen LogP contribution in [-0.4, -0.2) is 194 Å². The molecule has 3 rings (SSSR count). The zero-order valence-corrected chi connectivity index (χ0v) is 22.7. The van der Waals surface area contributed by atoms with Crippen molar-refractivity contribution < 1.29 is 94.9 Å². The summed E-state index contributed by atoms with van der Waals surface area (Å²) in [5, 5.41) is 135. The van der Waals surface area contributed by atoms with Crippen molar-refractivity contribution in [3.8, 4) is 0 Å². The summed E-state index contributed by atoms with van der Waals surface area (Å²) in [6.45, 7) is -2.72. The van der Waals surface area contributed by atoms with E-state index >= 15 is 0 Å². The van der Waals surface area contributed by atoms with Crippen LogP contribution in [0.4, 0.5) is 0 Å². The van der Waals surface area contributed by atoms with Crippen LogP contribution in [-0.2, 0) is 28.5 Å². The van der Waals surface area contributed by atoms with E-state index in [9.17, 15) is 76.0 Å². The summed E-state index contributed by atoms with van der Waals surface area (Å²) in [7, 11) is 0. The number of hydrogen-bond donors (Lipinski definition) is 14. The fourth-order valence-corrected chi connectivity index (χ4v) is 5.64. The van der Waals surface area contributed by atoms with Crippen LogP contribution in [0.25, 0.3) is 0 Å². The minimum absolute atomic E-state index is 0.574. The first-order chi connectivity index (χ1) is 19.9. The van der Waals surface area contributed by atoms with E-state index in [0.29, 0.717) is 6.92 Å². The van der Waals surface area contributed by atoms with Crippen molar-refractivity contribution in [3.05, 3.63) is 0 Å². The van der Waals surface area contributed by atoms with Gasteiger partial charge in [0.1, 0.15) is 61.0 Å². The molecule has 3 aliphatic heterocycles. The second kappa shape index (κ2) is 13.1. The van der Waals surface area contributed by atoms with Crippen molar-refractivity contribution in [2.75, 3.05) is 19.8 Å². The lowest BCUT2D eigenvalue weighted by molar-refractivity contribution is -0.444. The molecule has 0 aromatic rings. The molecule has 0 saturated carbocycles. The van der Waals surface area contributed by atoms with Gasteiger partial charge in [-0.05, 0) is 6.92 Å². The largest absolute Gasteiger partial charge is 0.479 e. The number of carboxylic acids is 1. The molecule has 0 radical (unpaired) electrons. The smallest absolute Gasteiger partial charge is 0.341 e. The Bertz CT molecular complexity index is 1000. The van der Waals surface area contributed by atoms with Crippen LogP contribution in [0.5, 0.6) is 0 Å². The fourth-order valence-electron chi connectivity index (χ4n) is 5.64. The van der Waals surface area contributed by atoms with Gasteiger partial charge < -0.3 is 91.1 Å². The molecule has 3 saturated heterocycles. The molecule has 20 nitrogen and oxygen atoms in total. The van der Waals surface area contributed by atoms with Crippen molar-refractivity contribution in [3.63, 3.8) is 0 Å². The number of nitrogens with two attached hydrogens (primary N) is 1. The molecular weight excluding hydrogens is 594 g/mol. The van der Waals surface area contributed by atoms with Gasteiger partial charge in [-0.1, -0.05) is 0 Å². The summed E-state index contributed by atoms with van der Waals surface area (Å²) >= 11 is 0. The predicted molar refractivity (Wildman–Crippen MR) is 130 cm³/mol. The van der Waals surface area contributed by atoms with Gasteiger partial charge in [-0.3, -0.25) is 4.79 Å². The van der Waals surface area contributed by atoms with E-state index in [2.05, 4.69) is 0 Å². The second-order valence-electron chi connectivity index (χ2n) is 10.9. The highest BCUT2D eigenvalue weighted by Gasteiger charge is 2.79. The maximum absolute atomic E-state index is 12.9. The Morgan fingerprint density at radius 1 is 0.953 bits per heavy atom. The highest BCUT2D eigenvalue weighted by Crippen LogP contribution is 2.51. The van der Waals surface area contributed by atoms with Gasteiger partial charge in [0.25, 0.3) is 0 Å². The molecule has 0 spiro atoms. The first kappa shape index (κ1) is 35.9. The third kappa shape index (κ3) is 5.59. The number of hydrogen-bond acceptors (Lipinski definition) is 19. The number of carboxylic acid groups (broad SMARTS) is 1. The number of rotatable bonds is 10. The summed E-state index contributed by atoms with van der Waals surface area (Å²) < 4.78 is 21.4. The molecular formula is C23H39NO19. The van der Waals surface area contributed by atoms with Crippen molar-refractivity contribution in [1.82, 2.24) is 0 Å². The van der Waals surface area contributed by atoms with Gasteiger partial charge in [0.2, 0.25) is 17.0 Å². The monoisotopic (exact) mass is 633 g/mol. The maximum Gasteiger partial charge on any atom is 0.341 e. The highest BCUT2D eigenvalue weighted by molar-refractivity contribution is 5.90. The summed E-state index contributed by atoms with van der Waals surface area (Å²) in [4.78, 5) is 25.7. The molecule has 0 bridgehead atoms. The molecule has 0 aromatic carbocycles. The molecule has 20 heteroatoms. The summed E-state index contributed by atoms with van der Waals surface area (Å²) in [5.41, 5.74) is -1.47. The van der Waals surface area contributed by atoms with E-state index in [4.69, 9.17) is 24.7 Å². The van der Waals surface area contributed by atoms with Gasteiger partial charge in [0.05, 0.1) is 32.0 Å². The number of ketones is 1. The Labute approximate surface area is 242 Å². The predicted octanol–water partition coefficient (Wildman–Crippen LogP) is -9.05. The van der Waals surface area contributed by atoms with Crippen LogP contribution >= 0.6 is 0 Å². The number of aliphatic hydroxyl groups is 12. The van der Waals surface area contributed by atoms with Gasteiger partial charge in [0, 0.05) is 6.42 Å². The number of Topliss-reactive ketones (excluding diaryl/α,β-unsaturated/α-hetero) is 1. The van der Waals surface area contributed by atoms with Crippen molar-refractivity contribution in [2.24, 2.45) is 5.73 Å². The molecule has 3 fully saturated rings. The minimum atomic E-state index is -3.96. The molecule has 2 unspecified atom stereocenters. The van der Waals surface area contributed by atoms with Gasteiger partial charge in [-0.2, -0.15) is 0 Å². The Kier molecular flexibility index (Phi) is 10.9. The molecule has 0 aliphatic carbocycles. The molecule has 3 heterocycles. The Hall–Kier alpha value is -1.54. The average molecular weight is 634 g/mol. The molecule has 0 amide bonds. The van der Waals surface area contributed by atoms with Crippen molar-refractivity contribution in [2.45, 2.75) is 110 Å². The zero-order chi connectivity index (χ0) is 32.8. The van der Waals surface area contributed by atoms with Gasteiger partial charge >= 0.3 is 5.97 Å². The number of aliphatic carboxylic acids is 1. The second-order valence-corrected chi connectivity index (χ2v) is 10.9. The van der Waals surface area contributed by atoms with E-state index in [1.54, 1.807) is 0 Å². The quantitative estimate of drug-likeness (QED) is 0.106. The third-order valence-electron chi connectivity index (χ3n) is 8.27. The van der Waals surface area contributed by atoms with Gasteiger partial charge in [-0.25, -0.2) is 4.79 Å². The van der Waals surface area contributed by atoms with Crippen LogP contribution < -0.4 is 5.73 Å². The van der Waals surface area contributed by atoms with E-state index in [1.165, 1.54) is 0 Å². The van der Waals surface area contributed by atoms with Crippen LogP contribution in [0.15, 0.2) is 0 Å². The maximum atomic E-state index is 12.9. The molecule has 0 aromatic heterocycles. The van der Waals surface area contributed by atoms with E-state index in [1.807, 2.05) is 0 Å². The molecule has 16 atom stereocenters. The first-order valence-electron chi connectivity index (χ1n) is 13.1. The SMILES string of the molecule is CC(=O)[C@@]1(O)[C@@H](O)[C@H](O[C@@H]2O[C@H](CO)[C@H](O)[C@H](O)[C@H]2O)[C@@H](CO)OC1(O)C1(C(=O)O)C[C@H](O)[C@@H](N)[C@H]([C@H](O)[C@H](O)CO)O1. The van der Waals surface area contributed by atoms with Crippen molar-refractivity contribution >= 4 is 11.8 Å². The normalized spacial score (nSPS) is 48.8. The van der Waals surface area contributed by atoms with Crippen LogP contribution in [0, 0.1) is 0 Å². The summed E-state index contributed by atoms with van der Waals surface area (Å²) in [5.74, 6) is -7.81. The van der Waals surface area contributed by atoms with Gasteiger partial charge in [-0.15, -0.1) is 0 Å². The third-order valence-corrected chi connectivity index (χ3v) is 8.27. The minimum Gasteiger partial charge on any atom is -0.479 e. The fraction of sp³-hybridized carbons (Fsp3) is 0.913. The standard InChI is InChI=1S/C23H39NO19/c1-6(28)22(38)18(35)16(41-19-15(34)14(33)13(32)9(4-26)40-19)10(5-27)42-23(22,39)21(20(36)37)2-7(29)11(24)17(43-21)12(31)8(30)3-25/h7-19,25-27,29-35,38-39H,2-5,24H2,1H3,(H,36,37)/t7-,8+,9+,10+,11+,12+,13-,14-,15+,16+,17+,18-,19-,21?,22+,23?/m0/s1. The summed E-state index contributed by atoms with van der Waals surface area (Å²) in [6, 6.07) is -1.69. The average Bonchev–Trinajstić information content (AvgIpc) is 2.97.